The largest absolute Gasteiger partial charge is 0.378 e. The van der Waals surface area contributed by atoms with Crippen LogP contribution in [0.1, 0.15) is 37.7 Å². The van der Waals surface area contributed by atoms with E-state index in [0.717, 1.165) is 15.2 Å². The summed E-state index contributed by atoms with van der Waals surface area (Å²) in [6.07, 6.45) is 0.560. The molecule has 3 amide bonds. The van der Waals surface area contributed by atoms with Crippen LogP contribution in [-0.2, 0) is 24.3 Å². The van der Waals surface area contributed by atoms with Gasteiger partial charge in [-0.2, -0.15) is 4.31 Å². The molecular formula is C31H35Cl2N5O6S. The third-order valence-electron chi connectivity index (χ3n) is 8.81. The maximum absolute atomic E-state index is 14.0. The van der Waals surface area contributed by atoms with Crippen LogP contribution in [0.2, 0.25) is 10.0 Å². The lowest BCUT2D eigenvalue weighted by molar-refractivity contribution is -0.146. The first-order valence-corrected chi connectivity index (χ1v) is 17.0. The molecule has 3 aromatic rings. The fourth-order valence-corrected chi connectivity index (χ4v) is 8.78. The van der Waals surface area contributed by atoms with Gasteiger partial charge in [-0.05, 0) is 42.2 Å². The van der Waals surface area contributed by atoms with Gasteiger partial charge in [0.2, 0.25) is 21.8 Å². The molecule has 14 heteroatoms. The molecule has 0 spiro atoms. The number of halogens is 2. The standard InChI is InChI=1S/C31H35Cl2N5O6S/c1-31(2,3)27(35-28(39)24-12-18-6-4-5-7-23(18)34-24)30(41)37-16-20-14-21(37)15-36(20)29(40)25-17-44-11-10-38(25)45(42,43)26-13-19(32)8-9-22(26)33/h4-9,12-13,20-21,25,27,34H,10-11,14-17H2,1-3H3,(H,35,39)/t20-,21-,25-,27?/m0/s1. The molecule has 2 bridgehead atoms. The molecular weight excluding hydrogens is 641 g/mol. The molecule has 2 aromatic carbocycles. The highest BCUT2D eigenvalue weighted by Gasteiger charge is 2.52. The Bertz CT molecular complexity index is 1740. The summed E-state index contributed by atoms with van der Waals surface area (Å²) in [5.41, 5.74) is 0.603. The van der Waals surface area contributed by atoms with E-state index in [9.17, 15) is 22.8 Å². The minimum absolute atomic E-state index is 0.0107. The Kier molecular flexibility index (Phi) is 8.40. The van der Waals surface area contributed by atoms with Gasteiger partial charge in [-0.15, -0.1) is 0 Å². The number of H-pyrrole nitrogens is 1. The molecule has 0 aliphatic carbocycles. The van der Waals surface area contributed by atoms with Crippen molar-refractivity contribution in [2.24, 2.45) is 5.41 Å². The number of nitrogens with one attached hydrogen (secondary N) is 2. The first-order chi connectivity index (χ1) is 21.3. The molecule has 240 valence electrons. The summed E-state index contributed by atoms with van der Waals surface area (Å²) in [5.74, 6) is -0.970. The Morgan fingerprint density at radius 2 is 1.73 bits per heavy atom. The molecule has 3 aliphatic heterocycles. The van der Waals surface area contributed by atoms with Crippen LogP contribution < -0.4 is 5.32 Å². The van der Waals surface area contributed by atoms with E-state index in [1.165, 1.54) is 18.2 Å². The number of para-hydroxylation sites is 1. The first-order valence-electron chi connectivity index (χ1n) is 14.8. The molecule has 3 saturated heterocycles. The SMILES string of the molecule is CC(C)(C)C(NC(=O)c1cc2ccccc2[nH]1)C(=O)N1C[C@@H]2C[C@H]1CN2C(=O)[C@@H]1COCCN1S(=O)(=O)c1cc(Cl)ccc1Cl. The van der Waals surface area contributed by atoms with E-state index in [1.807, 2.05) is 45.0 Å². The van der Waals surface area contributed by atoms with Gasteiger partial charge >= 0.3 is 0 Å². The Labute approximate surface area is 271 Å². The molecule has 1 unspecified atom stereocenters. The van der Waals surface area contributed by atoms with Crippen molar-refractivity contribution in [3.63, 3.8) is 0 Å². The lowest BCUT2D eigenvalue weighted by Gasteiger charge is -2.41. The number of aromatic amines is 1. The normalized spacial score (nSPS) is 23.0. The number of ether oxygens (including phenoxy) is 1. The number of rotatable bonds is 6. The smallest absolute Gasteiger partial charge is 0.268 e. The van der Waals surface area contributed by atoms with E-state index in [2.05, 4.69) is 10.3 Å². The molecule has 6 rings (SSSR count). The van der Waals surface area contributed by atoms with Crippen molar-refractivity contribution in [3.8, 4) is 0 Å². The van der Waals surface area contributed by atoms with Gasteiger partial charge in [0.1, 0.15) is 22.7 Å². The minimum atomic E-state index is -4.16. The van der Waals surface area contributed by atoms with E-state index < -0.39 is 27.5 Å². The van der Waals surface area contributed by atoms with Gasteiger partial charge in [-0.3, -0.25) is 14.4 Å². The summed E-state index contributed by atoms with van der Waals surface area (Å²) in [7, 11) is -4.16. The number of carbonyl (C=O) groups excluding carboxylic acids is 3. The predicted octanol–water partition coefficient (Wildman–Crippen LogP) is 3.52. The summed E-state index contributed by atoms with van der Waals surface area (Å²) in [6.45, 7) is 6.25. The highest BCUT2D eigenvalue weighted by Crippen LogP contribution is 2.36. The number of nitrogens with zero attached hydrogens (tertiary/aromatic N) is 3. The van der Waals surface area contributed by atoms with Crippen LogP contribution >= 0.6 is 23.2 Å². The number of sulfonamides is 1. The van der Waals surface area contributed by atoms with Crippen molar-refractivity contribution in [1.29, 1.82) is 0 Å². The lowest BCUT2D eigenvalue weighted by Crippen LogP contribution is -2.62. The van der Waals surface area contributed by atoms with Crippen molar-refractivity contribution < 1.29 is 27.5 Å². The number of piperazine rings is 1. The zero-order chi connectivity index (χ0) is 32.3. The molecule has 2 N–H and O–H groups in total. The van der Waals surface area contributed by atoms with E-state index in [1.54, 1.807) is 15.9 Å². The first kappa shape index (κ1) is 31.8. The van der Waals surface area contributed by atoms with Crippen LogP contribution in [-0.4, -0.2) is 102 Å². The molecule has 11 nitrogen and oxygen atoms in total. The Hall–Kier alpha value is -3.16. The van der Waals surface area contributed by atoms with E-state index in [4.69, 9.17) is 27.9 Å². The average molecular weight is 677 g/mol. The molecule has 45 heavy (non-hydrogen) atoms. The van der Waals surface area contributed by atoms with Crippen molar-refractivity contribution in [2.75, 3.05) is 32.8 Å². The number of amides is 3. The molecule has 4 atom stereocenters. The minimum Gasteiger partial charge on any atom is -0.378 e. The monoisotopic (exact) mass is 675 g/mol. The predicted molar refractivity (Wildman–Crippen MR) is 170 cm³/mol. The van der Waals surface area contributed by atoms with Crippen LogP contribution in [0.25, 0.3) is 10.9 Å². The fourth-order valence-electron chi connectivity index (χ4n) is 6.49. The van der Waals surface area contributed by atoms with Gasteiger partial charge in [0, 0.05) is 35.6 Å². The zero-order valence-electron chi connectivity index (χ0n) is 25.1. The molecule has 3 aliphatic rings. The van der Waals surface area contributed by atoms with Crippen molar-refractivity contribution in [2.45, 2.75) is 56.3 Å². The van der Waals surface area contributed by atoms with E-state index in [-0.39, 0.29) is 77.6 Å². The number of hydrogen-bond acceptors (Lipinski definition) is 6. The second-order valence-electron chi connectivity index (χ2n) is 12.8. The average Bonchev–Trinajstić information content (AvgIpc) is 3.74. The van der Waals surface area contributed by atoms with Crippen LogP contribution in [0.5, 0.6) is 0 Å². The number of benzene rings is 2. The summed E-state index contributed by atoms with van der Waals surface area (Å²) in [6, 6.07) is 11.0. The second kappa shape index (κ2) is 11.9. The van der Waals surface area contributed by atoms with Crippen LogP contribution in [0, 0.1) is 5.41 Å². The zero-order valence-corrected chi connectivity index (χ0v) is 27.5. The molecule has 0 saturated carbocycles. The molecule has 3 fully saturated rings. The topological polar surface area (TPSA) is 132 Å². The second-order valence-corrected chi connectivity index (χ2v) is 15.6. The number of morpholine rings is 1. The third kappa shape index (κ3) is 5.94. The number of fused-ring (bicyclic) bond motifs is 3. The third-order valence-corrected chi connectivity index (χ3v) is 11.4. The van der Waals surface area contributed by atoms with E-state index in [0.29, 0.717) is 12.1 Å². The summed E-state index contributed by atoms with van der Waals surface area (Å²) >= 11 is 12.3. The van der Waals surface area contributed by atoms with Crippen LogP contribution in [0.3, 0.4) is 0 Å². The summed E-state index contributed by atoms with van der Waals surface area (Å²) in [4.78, 5) is 47.5. The number of aromatic nitrogens is 1. The quantitative estimate of drug-likeness (QED) is 0.411. The summed E-state index contributed by atoms with van der Waals surface area (Å²) in [5, 5.41) is 4.07. The van der Waals surface area contributed by atoms with E-state index >= 15 is 0 Å². The summed E-state index contributed by atoms with van der Waals surface area (Å²) < 4.78 is 34.0. The Morgan fingerprint density at radius 1 is 1.02 bits per heavy atom. The van der Waals surface area contributed by atoms with Crippen LogP contribution in [0.4, 0.5) is 0 Å². The van der Waals surface area contributed by atoms with Gasteiger partial charge in [0.25, 0.3) is 5.91 Å². The fraction of sp³-hybridized carbons (Fsp3) is 0.452. The maximum atomic E-state index is 14.0. The van der Waals surface area contributed by atoms with Gasteiger partial charge in [-0.25, -0.2) is 8.42 Å². The van der Waals surface area contributed by atoms with Gasteiger partial charge in [-0.1, -0.05) is 62.2 Å². The number of carbonyl (C=O) groups is 3. The Balaban J connectivity index is 1.16. The van der Waals surface area contributed by atoms with Crippen LogP contribution in [0.15, 0.2) is 53.4 Å². The maximum Gasteiger partial charge on any atom is 0.268 e. The Morgan fingerprint density at radius 3 is 2.42 bits per heavy atom. The van der Waals surface area contributed by atoms with Gasteiger partial charge in [0.05, 0.1) is 30.3 Å². The molecule has 0 radical (unpaired) electrons. The number of likely N-dealkylation sites (tertiary alicyclic amines) is 2. The highest BCUT2D eigenvalue weighted by atomic mass is 35.5. The molecule has 4 heterocycles. The van der Waals surface area contributed by atoms with Gasteiger partial charge in [0.15, 0.2) is 0 Å². The van der Waals surface area contributed by atoms with Crippen molar-refractivity contribution in [1.82, 2.24) is 24.4 Å². The van der Waals surface area contributed by atoms with Crippen molar-refractivity contribution >= 4 is 61.8 Å². The van der Waals surface area contributed by atoms with Crippen molar-refractivity contribution in [3.05, 3.63) is 64.3 Å². The number of hydrogen-bond donors (Lipinski definition) is 2. The van der Waals surface area contributed by atoms with Gasteiger partial charge < -0.3 is 24.8 Å². The lowest BCUT2D eigenvalue weighted by atomic mass is 9.85. The molecule has 1 aromatic heterocycles. The highest BCUT2D eigenvalue weighted by molar-refractivity contribution is 7.89.